The zero-order chi connectivity index (χ0) is 19.8. The predicted octanol–water partition coefficient (Wildman–Crippen LogP) is 5.38. The van der Waals surface area contributed by atoms with Crippen molar-refractivity contribution in [1.29, 1.82) is 0 Å². The third-order valence-corrected chi connectivity index (χ3v) is 4.23. The second kappa shape index (κ2) is 9.53. The third-order valence-electron chi connectivity index (χ3n) is 3.86. The van der Waals surface area contributed by atoms with Crippen molar-refractivity contribution in [2.45, 2.75) is 13.2 Å². The molecule has 0 saturated heterocycles. The Morgan fingerprint density at radius 2 is 1.79 bits per heavy atom. The molecule has 0 saturated carbocycles. The summed E-state index contributed by atoms with van der Waals surface area (Å²) in [6.07, 6.45) is 1.56. The van der Waals surface area contributed by atoms with E-state index < -0.39 is 4.92 Å². The van der Waals surface area contributed by atoms with E-state index in [-0.39, 0.29) is 12.3 Å². The first-order valence-corrected chi connectivity index (χ1v) is 8.84. The molecular formula is C21H17ClN2O4. The summed E-state index contributed by atoms with van der Waals surface area (Å²) in [7, 11) is 0. The van der Waals surface area contributed by atoms with E-state index in [1.54, 1.807) is 18.3 Å². The minimum Gasteiger partial charge on any atom is -0.489 e. The lowest BCUT2D eigenvalue weighted by Crippen LogP contribution is -1.96. The van der Waals surface area contributed by atoms with Crippen LogP contribution in [0.3, 0.4) is 0 Å². The average molecular weight is 397 g/mol. The van der Waals surface area contributed by atoms with Gasteiger partial charge in [-0.1, -0.05) is 47.1 Å². The maximum Gasteiger partial charge on any atom is 0.269 e. The molecule has 0 radical (unpaired) electrons. The van der Waals surface area contributed by atoms with Crippen LogP contribution in [-0.4, -0.2) is 11.1 Å². The van der Waals surface area contributed by atoms with Crippen molar-refractivity contribution in [3.63, 3.8) is 0 Å². The second-order valence-corrected chi connectivity index (χ2v) is 6.29. The Kier molecular flexibility index (Phi) is 6.59. The summed E-state index contributed by atoms with van der Waals surface area (Å²) in [6, 6.07) is 21.1. The fourth-order valence-electron chi connectivity index (χ4n) is 2.40. The molecule has 0 aliphatic carbocycles. The van der Waals surface area contributed by atoms with Gasteiger partial charge in [0.1, 0.15) is 19.0 Å². The highest BCUT2D eigenvalue weighted by molar-refractivity contribution is 6.31. The van der Waals surface area contributed by atoms with Crippen molar-refractivity contribution in [2.24, 2.45) is 5.16 Å². The Morgan fingerprint density at radius 3 is 2.54 bits per heavy atom. The van der Waals surface area contributed by atoms with Crippen LogP contribution in [0.4, 0.5) is 5.69 Å². The molecule has 0 amide bonds. The molecule has 0 aliphatic heterocycles. The Bertz CT molecular complexity index is 974. The quantitative estimate of drug-likeness (QED) is 0.291. The molecule has 0 atom stereocenters. The molecule has 0 fully saturated rings. The van der Waals surface area contributed by atoms with Gasteiger partial charge >= 0.3 is 0 Å². The molecule has 0 aliphatic rings. The summed E-state index contributed by atoms with van der Waals surface area (Å²) in [5, 5.41) is 15.3. The number of nitrogens with zero attached hydrogens (tertiary/aromatic N) is 2. The Balaban J connectivity index is 1.49. The van der Waals surface area contributed by atoms with Gasteiger partial charge in [-0.3, -0.25) is 10.1 Å². The highest BCUT2D eigenvalue weighted by Gasteiger charge is 2.05. The Hall–Kier alpha value is -3.38. The van der Waals surface area contributed by atoms with Gasteiger partial charge in [0, 0.05) is 22.7 Å². The monoisotopic (exact) mass is 396 g/mol. The topological polar surface area (TPSA) is 74.0 Å². The van der Waals surface area contributed by atoms with Crippen molar-refractivity contribution in [3.8, 4) is 5.75 Å². The molecule has 3 aromatic carbocycles. The number of hydrogen-bond donors (Lipinski definition) is 0. The fraction of sp³-hybridized carbons (Fsp3) is 0.0952. The molecule has 6 nitrogen and oxygen atoms in total. The van der Waals surface area contributed by atoms with Gasteiger partial charge < -0.3 is 9.57 Å². The molecule has 7 heteroatoms. The van der Waals surface area contributed by atoms with E-state index in [4.69, 9.17) is 21.2 Å². The van der Waals surface area contributed by atoms with E-state index in [9.17, 15) is 10.1 Å². The standard InChI is InChI=1S/C21H17ClN2O4/c22-21-7-2-1-5-18(21)15-27-20-10-8-16(9-11-20)13-23-28-14-17-4-3-6-19(12-17)24(25)26/h1-13H,14-15H2/b23-13-. The van der Waals surface area contributed by atoms with Crippen LogP contribution in [0.1, 0.15) is 16.7 Å². The van der Waals surface area contributed by atoms with Crippen molar-refractivity contribution >= 4 is 23.5 Å². The van der Waals surface area contributed by atoms with Crippen LogP contribution >= 0.6 is 11.6 Å². The van der Waals surface area contributed by atoms with E-state index in [2.05, 4.69) is 5.16 Å². The number of rotatable bonds is 8. The number of oxime groups is 1. The Labute approximate surface area is 167 Å². The maximum atomic E-state index is 10.8. The van der Waals surface area contributed by atoms with Gasteiger partial charge in [-0.05, 0) is 41.5 Å². The summed E-state index contributed by atoms with van der Waals surface area (Å²) in [5.74, 6) is 0.717. The van der Waals surface area contributed by atoms with E-state index in [0.29, 0.717) is 17.2 Å². The largest absolute Gasteiger partial charge is 0.489 e. The summed E-state index contributed by atoms with van der Waals surface area (Å²) in [5.41, 5.74) is 2.46. The maximum absolute atomic E-state index is 10.8. The first kappa shape index (κ1) is 19.4. The molecule has 3 rings (SSSR count). The van der Waals surface area contributed by atoms with Gasteiger partial charge in [0.2, 0.25) is 0 Å². The predicted molar refractivity (Wildman–Crippen MR) is 108 cm³/mol. The zero-order valence-corrected chi connectivity index (χ0v) is 15.6. The average Bonchev–Trinajstić information content (AvgIpc) is 2.72. The summed E-state index contributed by atoms with van der Waals surface area (Å²) < 4.78 is 5.73. The number of ether oxygens (including phenoxy) is 1. The summed E-state index contributed by atoms with van der Waals surface area (Å²) in [6.45, 7) is 0.538. The summed E-state index contributed by atoms with van der Waals surface area (Å²) >= 11 is 6.11. The minimum absolute atomic E-state index is 0.0254. The van der Waals surface area contributed by atoms with Crippen LogP contribution in [0.25, 0.3) is 0 Å². The number of nitro benzene ring substituents is 1. The van der Waals surface area contributed by atoms with Gasteiger partial charge in [-0.25, -0.2) is 0 Å². The summed E-state index contributed by atoms with van der Waals surface area (Å²) in [4.78, 5) is 15.5. The molecule has 28 heavy (non-hydrogen) atoms. The highest BCUT2D eigenvalue weighted by Crippen LogP contribution is 2.19. The molecule has 142 valence electrons. The van der Waals surface area contributed by atoms with E-state index in [1.807, 2.05) is 48.5 Å². The lowest BCUT2D eigenvalue weighted by atomic mass is 10.2. The van der Waals surface area contributed by atoms with Crippen molar-refractivity contribution < 1.29 is 14.5 Å². The number of halogens is 1. The molecule has 0 N–H and O–H groups in total. The molecule has 3 aromatic rings. The van der Waals surface area contributed by atoms with E-state index in [0.717, 1.165) is 16.9 Å². The van der Waals surface area contributed by atoms with Crippen molar-refractivity contribution in [3.05, 3.63) is 105 Å². The Morgan fingerprint density at radius 1 is 1.00 bits per heavy atom. The molecule has 0 heterocycles. The van der Waals surface area contributed by atoms with Crippen LogP contribution in [0, 0.1) is 10.1 Å². The van der Waals surface area contributed by atoms with Crippen molar-refractivity contribution in [1.82, 2.24) is 0 Å². The van der Waals surface area contributed by atoms with E-state index in [1.165, 1.54) is 12.1 Å². The second-order valence-electron chi connectivity index (χ2n) is 5.88. The van der Waals surface area contributed by atoms with Gasteiger partial charge in [0.15, 0.2) is 0 Å². The third kappa shape index (κ3) is 5.56. The molecular weight excluding hydrogens is 380 g/mol. The van der Waals surface area contributed by atoms with Gasteiger partial charge in [-0.2, -0.15) is 0 Å². The van der Waals surface area contributed by atoms with Crippen LogP contribution in [0.15, 0.2) is 78.0 Å². The number of nitro groups is 1. The number of hydrogen-bond acceptors (Lipinski definition) is 5. The van der Waals surface area contributed by atoms with Crippen LogP contribution in [0.2, 0.25) is 5.02 Å². The van der Waals surface area contributed by atoms with E-state index >= 15 is 0 Å². The van der Waals surface area contributed by atoms with Crippen LogP contribution < -0.4 is 4.74 Å². The lowest BCUT2D eigenvalue weighted by Gasteiger charge is -2.07. The molecule has 0 spiro atoms. The van der Waals surface area contributed by atoms with Crippen molar-refractivity contribution in [2.75, 3.05) is 0 Å². The highest BCUT2D eigenvalue weighted by atomic mass is 35.5. The minimum atomic E-state index is -0.442. The first-order valence-electron chi connectivity index (χ1n) is 8.47. The molecule has 0 bridgehead atoms. The van der Waals surface area contributed by atoms with Crippen LogP contribution in [-0.2, 0) is 18.1 Å². The SMILES string of the molecule is O=[N+]([O-])c1cccc(CO/N=C\c2ccc(OCc3ccccc3Cl)cc2)c1. The first-order chi connectivity index (χ1) is 13.6. The fourth-order valence-corrected chi connectivity index (χ4v) is 2.59. The molecule has 0 unspecified atom stereocenters. The van der Waals surface area contributed by atoms with Crippen LogP contribution in [0.5, 0.6) is 5.75 Å². The molecule has 0 aromatic heterocycles. The van der Waals surface area contributed by atoms with Gasteiger partial charge in [-0.15, -0.1) is 0 Å². The van der Waals surface area contributed by atoms with Gasteiger partial charge in [0.05, 0.1) is 11.1 Å². The zero-order valence-electron chi connectivity index (χ0n) is 14.8. The lowest BCUT2D eigenvalue weighted by molar-refractivity contribution is -0.384. The smallest absolute Gasteiger partial charge is 0.269 e. The van der Waals surface area contributed by atoms with Gasteiger partial charge in [0.25, 0.3) is 5.69 Å². The number of non-ortho nitro benzene ring substituents is 1. The number of benzene rings is 3. The normalized spacial score (nSPS) is 10.8.